The summed E-state index contributed by atoms with van der Waals surface area (Å²) in [5.74, 6) is 1.30. The summed E-state index contributed by atoms with van der Waals surface area (Å²) in [6.45, 7) is 2.32. The summed E-state index contributed by atoms with van der Waals surface area (Å²) < 4.78 is 5.84. The number of rotatable bonds is 5. The van der Waals surface area contributed by atoms with Gasteiger partial charge in [0.25, 0.3) is 0 Å². The minimum atomic E-state index is 0.393. The second-order valence-electron chi connectivity index (χ2n) is 6.26. The number of nitrogens with zero attached hydrogens (tertiary/aromatic N) is 1. The van der Waals surface area contributed by atoms with E-state index >= 15 is 0 Å². The maximum absolute atomic E-state index is 6.42. The Bertz CT molecular complexity index is 647. The van der Waals surface area contributed by atoms with Gasteiger partial charge in [0.2, 0.25) is 0 Å². The van der Waals surface area contributed by atoms with Crippen LogP contribution in [0.15, 0.2) is 48.5 Å². The Morgan fingerprint density at radius 3 is 2.65 bits per heavy atom. The van der Waals surface area contributed by atoms with Crippen molar-refractivity contribution in [3.63, 3.8) is 0 Å². The van der Waals surface area contributed by atoms with Crippen LogP contribution in [-0.2, 0) is 6.61 Å². The van der Waals surface area contributed by atoms with Crippen LogP contribution < -0.4 is 10.5 Å². The fourth-order valence-electron chi connectivity index (χ4n) is 3.24. The van der Waals surface area contributed by atoms with Gasteiger partial charge in [-0.25, -0.2) is 0 Å². The molecule has 1 heterocycles. The van der Waals surface area contributed by atoms with E-state index in [2.05, 4.69) is 18.0 Å². The highest BCUT2D eigenvalue weighted by Gasteiger charge is 2.29. The third-order valence-corrected chi connectivity index (χ3v) is 4.84. The van der Waals surface area contributed by atoms with Gasteiger partial charge < -0.3 is 10.5 Å². The molecule has 3 rings (SSSR count). The molecule has 4 heteroatoms. The Labute approximate surface area is 143 Å². The lowest BCUT2D eigenvalue weighted by Crippen LogP contribution is -2.20. The molecule has 3 nitrogen and oxygen atoms in total. The summed E-state index contributed by atoms with van der Waals surface area (Å²) in [5, 5.41) is 0.669. The first-order valence-corrected chi connectivity index (χ1v) is 8.41. The number of hydrogen-bond donors (Lipinski definition) is 1. The molecule has 0 spiro atoms. The van der Waals surface area contributed by atoms with Crippen LogP contribution in [0, 0.1) is 5.92 Å². The Morgan fingerprint density at radius 2 is 2.00 bits per heavy atom. The van der Waals surface area contributed by atoms with Crippen LogP contribution in [0.1, 0.15) is 23.6 Å². The van der Waals surface area contributed by atoms with Crippen molar-refractivity contribution in [2.24, 2.45) is 11.7 Å². The van der Waals surface area contributed by atoms with Crippen LogP contribution in [0.5, 0.6) is 5.75 Å². The van der Waals surface area contributed by atoms with E-state index in [0.29, 0.717) is 23.6 Å². The third-order valence-electron chi connectivity index (χ3n) is 4.55. The lowest BCUT2D eigenvalue weighted by atomic mass is 10.00. The van der Waals surface area contributed by atoms with Crippen LogP contribution in [0.3, 0.4) is 0 Å². The number of hydrogen-bond acceptors (Lipinski definition) is 3. The molecule has 2 aromatic rings. The zero-order valence-corrected chi connectivity index (χ0v) is 14.2. The molecule has 1 saturated heterocycles. The number of ether oxygens (including phenoxy) is 1. The van der Waals surface area contributed by atoms with Gasteiger partial charge in [-0.2, -0.15) is 0 Å². The summed E-state index contributed by atoms with van der Waals surface area (Å²) in [5.41, 5.74) is 8.18. The summed E-state index contributed by atoms with van der Waals surface area (Å²) in [6.07, 6.45) is 1.09. The smallest absolute Gasteiger partial charge is 0.138 e. The molecule has 0 bridgehead atoms. The van der Waals surface area contributed by atoms with E-state index in [0.717, 1.165) is 30.8 Å². The van der Waals surface area contributed by atoms with Gasteiger partial charge in [0.05, 0.1) is 5.02 Å². The monoisotopic (exact) mass is 330 g/mol. The maximum atomic E-state index is 6.42. The largest absolute Gasteiger partial charge is 0.487 e. The molecule has 0 amide bonds. The predicted octanol–water partition coefficient (Wildman–Crippen LogP) is 3.87. The summed E-state index contributed by atoms with van der Waals surface area (Å²) in [7, 11) is 2.15. The summed E-state index contributed by atoms with van der Waals surface area (Å²) in [4.78, 5) is 2.35. The standard InChI is InChI=1S/C19H23ClN2O/c1-22-12-15(11-21)9-18(22)16-7-8-19(17(20)10-16)23-13-14-5-3-2-4-6-14/h2-8,10,15,18H,9,11-13,21H2,1H3. The molecule has 23 heavy (non-hydrogen) atoms. The first-order chi connectivity index (χ1) is 11.2. The Balaban J connectivity index is 1.68. The SMILES string of the molecule is CN1CC(CN)CC1c1ccc(OCc2ccccc2)c(Cl)c1. The molecule has 1 fully saturated rings. The molecule has 0 radical (unpaired) electrons. The molecule has 0 aliphatic carbocycles. The van der Waals surface area contributed by atoms with Gasteiger partial charge in [0, 0.05) is 12.6 Å². The van der Waals surface area contributed by atoms with Crippen LogP contribution in [0.2, 0.25) is 5.02 Å². The zero-order chi connectivity index (χ0) is 16.2. The van der Waals surface area contributed by atoms with Crippen molar-refractivity contribution in [1.29, 1.82) is 0 Å². The van der Waals surface area contributed by atoms with E-state index in [1.54, 1.807) is 0 Å². The van der Waals surface area contributed by atoms with Crippen molar-refractivity contribution in [3.05, 3.63) is 64.7 Å². The average molecular weight is 331 g/mol. The minimum Gasteiger partial charge on any atom is -0.487 e. The molecule has 122 valence electrons. The Kier molecular flexibility index (Phi) is 5.21. The van der Waals surface area contributed by atoms with E-state index < -0.39 is 0 Å². The first-order valence-electron chi connectivity index (χ1n) is 8.04. The zero-order valence-electron chi connectivity index (χ0n) is 13.4. The van der Waals surface area contributed by atoms with Crippen molar-refractivity contribution < 1.29 is 4.74 Å². The number of benzene rings is 2. The second kappa shape index (κ2) is 7.35. The second-order valence-corrected chi connectivity index (χ2v) is 6.66. The van der Waals surface area contributed by atoms with Gasteiger partial charge in [-0.1, -0.05) is 48.0 Å². The molecule has 2 unspecified atom stereocenters. The van der Waals surface area contributed by atoms with E-state index in [9.17, 15) is 0 Å². The van der Waals surface area contributed by atoms with Gasteiger partial charge in [0.1, 0.15) is 12.4 Å². The lowest BCUT2D eigenvalue weighted by Gasteiger charge is -2.20. The number of likely N-dealkylation sites (tertiary alicyclic amines) is 1. The number of nitrogens with two attached hydrogens (primary N) is 1. The lowest BCUT2D eigenvalue weighted by molar-refractivity contribution is 0.303. The molecule has 2 aromatic carbocycles. The van der Waals surface area contributed by atoms with Gasteiger partial charge in [-0.05, 0) is 49.2 Å². The molecule has 2 atom stereocenters. The first kappa shape index (κ1) is 16.3. The van der Waals surface area contributed by atoms with E-state index in [-0.39, 0.29) is 0 Å². The summed E-state index contributed by atoms with van der Waals surface area (Å²) >= 11 is 6.42. The number of halogens is 1. The highest BCUT2D eigenvalue weighted by atomic mass is 35.5. The molecule has 1 aliphatic rings. The Morgan fingerprint density at radius 1 is 1.22 bits per heavy atom. The third kappa shape index (κ3) is 3.86. The Hall–Kier alpha value is -1.55. The molecular weight excluding hydrogens is 308 g/mol. The highest BCUT2D eigenvalue weighted by Crippen LogP contribution is 2.37. The molecular formula is C19H23ClN2O. The molecule has 2 N–H and O–H groups in total. The topological polar surface area (TPSA) is 38.5 Å². The van der Waals surface area contributed by atoms with Gasteiger partial charge in [-0.3, -0.25) is 4.90 Å². The van der Waals surface area contributed by atoms with E-state index in [4.69, 9.17) is 22.1 Å². The van der Waals surface area contributed by atoms with E-state index in [1.807, 2.05) is 42.5 Å². The highest BCUT2D eigenvalue weighted by molar-refractivity contribution is 6.32. The van der Waals surface area contributed by atoms with Crippen LogP contribution >= 0.6 is 11.6 Å². The van der Waals surface area contributed by atoms with Gasteiger partial charge in [-0.15, -0.1) is 0 Å². The average Bonchev–Trinajstić information content (AvgIpc) is 2.96. The molecule has 0 aromatic heterocycles. The minimum absolute atomic E-state index is 0.393. The van der Waals surface area contributed by atoms with Gasteiger partial charge in [0.15, 0.2) is 0 Å². The van der Waals surface area contributed by atoms with Crippen LogP contribution in [0.4, 0.5) is 0 Å². The van der Waals surface area contributed by atoms with Crippen LogP contribution in [0.25, 0.3) is 0 Å². The van der Waals surface area contributed by atoms with Crippen molar-refractivity contribution >= 4 is 11.6 Å². The van der Waals surface area contributed by atoms with E-state index in [1.165, 1.54) is 5.56 Å². The predicted molar refractivity (Wildman–Crippen MR) is 94.8 cm³/mol. The van der Waals surface area contributed by atoms with Crippen molar-refractivity contribution in [2.75, 3.05) is 20.1 Å². The molecule has 1 aliphatic heterocycles. The molecule has 0 saturated carbocycles. The van der Waals surface area contributed by atoms with Crippen molar-refractivity contribution in [2.45, 2.75) is 19.1 Å². The normalized spacial score (nSPS) is 21.5. The fraction of sp³-hybridized carbons (Fsp3) is 0.368. The summed E-state index contributed by atoms with van der Waals surface area (Å²) in [6, 6.07) is 16.6. The quantitative estimate of drug-likeness (QED) is 0.904. The maximum Gasteiger partial charge on any atom is 0.138 e. The van der Waals surface area contributed by atoms with Gasteiger partial charge >= 0.3 is 0 Å². The van der Waals surface area contributed by atoms with Crippen LogP contribution in [-0.4, -0.2) is 25.0 Å². The fourth-order valence-corrected chi connectivity index (χ4v) is 3.49. The van der Waals surface area contributed by atoms with Crippen molar-refractivity contribution in [3.8, 4) is 5.75 Å². The van der Waals surface area contributed by atoms with Crippen molar-refractivity contribution in [1.82, 2.24) is 4.90 Å².